The number of urea groups is 1. The number of nitriles is 1. The molecule has 2 aromatic carbocycles. The van der Waals surface area contributed by atoms with Gasteiger partial charge < -0.3 is 10.6 Å². The first-order chi connectivity index (χ1) is 10.5. The van der Waals surface area contributed by atoms with E-state index in [2.05, 4.69) is 10.6 Å². The average molecular weight is 317 g/mol. The predicted molar refractivity (Wildman–Crippen MR) is 81.9 cm³/mol. The van der Waals surface area contributed by atoms with Gasteiger partial charge in [-0.05, 0) is 24.3 Å². The molecule has 2 amide bonds. The summed E-state index contributed by atoms with van der Waals surface area (Å²) in [4.78, 5) is 22.1. The smallest absolute Gasteiger partial charge is 0.308 e. The Morgan fingerprint density at radius 1 is 1.23 bits per heavy atom. The lowest BCUT2D eigenvalue weighted by Crippen LogP contribution is -2.20. The van der Waals surface area contributed by atoms with Gasteiger partial charge in [-0.2, -0.15) is 5.26 Å². The quantitative estimate of drug-likeness (QED) is 0.663. The van der Waals surface area contributed by atoms with E-state index in [4.69, 9.17) is 16.9 Å². The molecule has 0 spiro atoms. The molecule has 0 unspecified atom stereocenters. The summed E-state index contributed by atoms with van der Waals surface area (Å²) in [5.41, 5.74) is 0.506. The van der Waals surface area contributed by atoms with E-state index >= 15 is 0 Å². The lowest BCUT2D eigenvalue weighted by atomic mass is 10.2. The topological polar surface area (TPSA) is 108 Å². The lowest BCUT2D eigenvalue weighted by Gasteiger charge is -2.08. The maximum atomic E-state index is 11.9. The number of nitrogens with one attached hydrogen (secondary N) is 2. The first kappa shape index (κ1) is 15.3. The molecule has 2 aromatic rings. The Balaban J connectivity index is 2.13. The second-order valence-corrected chi connectivity index (χ2v) is 4.57. The van der Waals surface area contributed by atoms with Crippen LogP contribution in [0.5, 0.6) is 0 Å². The van der Waals surface area contributed by atoms with Gasteiger partial charge >= 0.3 is 6.03 Å². The van der Waals surface area contributed by atoms with Crippen LogP contribution in [0.1, 0.15) is 5.56 Å². The van der Waals surface area contributed by atoms with Crippen LogP contribution in [-0.2, 0) is 0 Å². The van der Waals surface area contributed by atoms with Crippen molar-refractivity contribution in [2.45, 2.75) is 0 Å². The number of para-hydroxylation sites is 2. The third kappa shape index (κ3) is 3.50. The third-order valence-electron chi connectivity index (χ3n) is 2.70. The summed E-state index contributed by atoms with van der Waals surface area (Å²) in [7, 11) is 0. The summed E-state index contributed by atoms with van der Waals surface area (Å²) >= 11 is 5.86. The zero-order valence-electron chi connectivity index (χ0n) is 11.0. The van der Waals surface area contributed by atoms with Crippen LogP contribution >= 0.6 is 11.6 Å². The molecule has 7 nitrogen and oxygen atoms in total. The minimum atomic E-state index is -0.657. The van der Waals surface area contributed by atoms with Gasteiger partial charge in [0.2, 0.25) is 0 Å². The summed E-state index contributed by atoms with van der Waals surface area (Å²) in [6.07, 6.45) is 0. The minimum absolute atomic E-state index is 0.0738. The number of halogens is 1. The van der Waals surface area contributed by atoms with Crippen LogP contribution in [0.3, 0.4) is 0 Å². The van der Waals surface area contributed by atoms with Crippen molar-refractivity contribution in [2.75, 3.05) is 10.6 Å². The fourth-order valence-corrected chi connectivity index (χ4v) is 1.93. The van der Waals surface area contributed by atoms with Gasteiger partial charge in [-0.3, -0.25) is 10.1 Å². The summed E-state index contributed by atoms with van der Waals surface area (Å²) in [6.45, 7) is 0. The molecule has 8 heteroatoms. The zero-order valence-corrected chi connectivity index (χ0v) is 11.8. The molecule has 0 radical (unpaired) electrons. The molecule has 0 aliphatic heterocycles. The van der Waals surface area contributed by atoms with Crippen molar-refractivity contribution in [2.24, 2.45) is 0 Å². The maximum Gasteiger partial charge on any atom is 0.323 e. The van der Waals surface area contributed by atoms with Gasteiger partial charge in [0.05, 0.1) is 15.5 Å². The largest absolute Gasteiger partial charge is 0.323 e. The van der Waals surface area contributed by atoms with Crippen LogP contribution in [0.15, 0.2) is 42.5 Å². The van der Waals surface area contributed by atoms with Crippen molar-refractivity contribution in [3.8, 4) is 6.07 Å². The fourth-order valence-electron chi connectivity index (χ4n) is 1.71. The Labute approximate surface area is 130 Å². The van der Waals surface area contributed by atoms with Gasteiger partial charge in [0, 0.05) is 11.8 Å². The van der Waals surface area contributed by atoms with Crippen LogP contribution in [0.25, 0.3) is 0 Å². The molecular weight excluding hydrogens is 308 g/mol. The SMILES string of the molecule is N#Cc1ccc(NC(=O)Nc2ccccc2[N+](=O)[O-])cc1Cl. The minimum Gasteiger partial charge on any atom is -0.308 e. The number of carbonyl (C=O) groups excluding carboxylic acids is 1. The molecule has 0 aliphatic rings. The summed E-state index contributed by atoms with van der Waals surface area (Å²) < 4.78 is 0. The van der Waals surface area contributed by atoms with Gasteiger partial charge in [0.15, 0.2) is 0 Å². The highest BCUT2D eigenvalue weighted by molar-refractivity contribution is 6.32. The van der Waals surface area contributed by atoms with Gasteiger partial charge in [0.1, 0.15) is 11.8 Å². The first-order valence-corrected chi connectivity index (χ1v) is 6.40. The van der Waals surface area contributed by atoms with E-state index in [-0.39, 0.29) is 22.0 Å². The van der Waals surface area contributed by atoms with Crippen molar-refractivity contribution in [1.82, 2.24) is 0 Å². The second-order valence-electron chi connectivity index (χ2n) is 4.16. The highest BCUT2D eigenvalue weighted by Crippen LogP contribution is 2.24. The molecular formula is C14H9ClN4O3. The molecule has 0 heterocycles. The van der Waals surface area contributed by atoms with Gasteiger partial charge in [-0.1, -0.05) is 23.7 Å². The molecule has 0 aliphatic carbocycles. The van der Waals surface area contributed by atoms with Crippen molar-refractivity contribution in [1.29, 1.82) is 5.26 Å². The van der Waals surface area contributed by atoms with E-state index in [0.29, 0.717) is 5.69 Å². The Morgan fingerprint density at radius 3 is 2.59 bits per heavy atom. The number of anilines is 2. The number of hydrogen-bond donors (Lipinski definition) is 2. The number of carbonyl (C=O) groups is 1. The van der Waals surface area contributed by atoms with Crippen LogP contribution in [0.4, 0.5) is 21.9 Å². The highest BCUT2D eigenvalue weighted by atomic mass is 35.5. The van der Waals surface area contributed by atoms with E-state index in [0.717, 1.165) is 0 Å². The summed E-state index contributed by atoms with van der Waals surface area (Å²) in [6, 6.07) is 11.4. The van der Waals surface area contributed by atoms with Crippen LogP contribution in [0, 0.1) is 21.4 Å². The van der Waals surface area contributed by atoms with Crippen molar-refractivity contribution < 1.29 is 9.72 Å². The molecule has 22 heavy (non-hydrogen) atoms. The Kier molecular flexibility index (Phi) is 4.56. The molecule has 0 aromatic heterocycles. The number of nitrogens with zero attached hydrogens (tertiary/aromatic N) is 2. The molecule has 0 saturated heterocycles. The van der Waals surface area contributed by atoms with E-state index in [9.17, 15) is 14.9 Å². The zero-order chi connectivity index (χ0) is 16.1. The van der Waals surface area contributed by atoms with Gasteiger partial charge in [0.25, 0.3) is 5.69 Å². The maximum absolute atomic E-state index is 11.9. The van der Waals surface area contributed by atoms with Gasteiger partial charge in [-0.15, -0.1) is 0 Å². The number of amides is 2. The van der Waals surface area contributed by atoms with Crippen LogP contribution in [-0.4, -0.2) is 11.0 Å². The Hall–Kier alpha value is -3.11. The van der Waals surface area contributed by atoms with Gasteiger partial charge in [-0.25, -0.2) is 4.79 Å². The Bertz CT molecular complexity index is 786. The summed E-state index contributed by atoms with van der Waals surface area (Å²) in [5, 5.41) is 24.7. The molecule has 2 N–H and O–H groups in total. The first-order valence-electron chi connectivity index (χ1n) is 6.02. The average Bonchev–Trinajstić information content (AvgIpc) is 2.47. The third-order valence-corrected chi connectivity index (χ3v) is 3.01. The number of nitro groups is 1. The van der Waals surface area contributed by atoms with Crippen molar-refractivity contribution >= 4 is 34.7 Å². The standard InChI is InChI=1S/C14H9ClN4O3/c15-11-7-10(6-5-9(11)8-16)17-14(20)18-12-3-1-2-4-13(12)19(21)22/h1-7H,(H2,17,18,20). The predicted octanol–water partition coefficient (Wildman–Crippen LogP) is 3.76. The van der Waals surface area contributed by atoms with E-state index in [1.165, 1.54) is 36.4 Å². The number of hydrogen-bond acceptors (Lipinski definition) is 4. The monoisotopic (exact) mass is 316 g/mol. The van der Waals surface area contributed by atoms with E-state index in [1.54, 1.807) is 6.07 Å². The van der Waals surface area contributed by atoms with E-state index < -0.39 is 11.0 Å². The molecule has 0 bridgehead atoms. The molecule has 2 rings (SSSR count). The molecule has 110 valence electrons. The van der Waals surface area contributed by atoms with E-state index in [1.807, 2.05) is 6.07 Å². The van der Waals surface area contributed by atoms with Crippen LogP contribution in [0.2, 0.25) is 5.02 Å². The number of benzene rings is 2. The summed E-state index contributed by atoms with van der Waals surface area (Å²) in [5.74, 6) is 0. The van der Waals surface area contributed by atoms with Crippen LogP contribution < -0.4 is 10.6 Å². The highest BCUT2D eigenvalue weighted by Gasteiger charge is 2.14. The lowest BCUT2D eigenvalue weighted by molar-refractivity contribution is -0.383. The number of nitro benzene ring substituents is 1. The van der Waals surface area contributed by atoms with Crippen molar-refractivity contribution in [3.05, 3.63) is 63.2 Å². The number of rotatable bonds is 3. The fraction of sp³-hybridized carbons (Fsp3) is 0. The molecule has 0 saturated carbocycles. The van der Waals surface area contributed by atoms with Crippen molar-refractivity contribution in [3.63, 3.8) is 0 Å². The molecule has 0 fully saturated rings. The molecule has 0 atom stereocenters. The Morgan fingerprint density at radius 2 is 1.95 bits per heavy atom. The second kappa shape index (κ2) is 6.56. The normalized spacial score (nSPS) is 9.64.